The number of aromatic nitrogens is 1. The van der Waals surface area contributed by atoms with Crippen LogP contribution >= 0.6 is 11.3 Å². The molecule has 1 heterocycles. The van der Waals surface area contributed by atoms with Gasteiger partial charge in [-0.3, -0.25) is 0 Å². The number of thiazole rings is 1. The lowest BCUT2D eigenvalue weighted by Crippen LogP contribution is -2.07. The summed E-state index contributed by atoms with van der Waals surface area (Å²) in [7, 11) is 3.99. The Morgan fingerprint density at radius 2 is 1.61 bits per heavy atom. The molecule has 5 rings (SSSR count). The quantitative estimate of drug-likeness (QED) is 0.308. The Morgan fingerprint density at radius 1 is 0.871 bits per heavy atom. The van der Waals surface area contributed by atoms with Gasteiger partial charge in [-0.15, -0.1) is 16.5 Å². The number of hydrogen-bond acceptors (Lipinski definition) is 6. The standard InChI is InChI=1S/C25H20N4OS/c1-29(2)18-13-11-17(12-14-18)27-28-23-19-8-4-3-7-16(19)15-20(24(23)30)25-26-21-9-5-6-10-22(21)31-25/h3-15,30H,1-2H3. The van der Waals surface area contributed by atoms with E-state index in [0.29, 0.717) is 11.3 Å². The molecule has 31 heavy (non-hydrogen) atoms. The second-order valence-electron chi connectivity index (χ2n) is 7.44. The molecule has 0 amide bonds. The molecule has 0 aliphatic carbocycles. The molecule has 0 saturated carbocycles. The van der Waals surface area contributed by atoms with Gasteiger partial charge in [0.15, 0.2) is 5.75 Å². The van der Waals surface area contributed by atoms with Crippen molar-refractivity contribution in [1.82, 2.24) is 4.98 Å². The molecule has 0 aliphatic rings. The van der Waals surface area contributed by atoms with Crippen LogP contribution in [0.25, 0.3) is 31.6 Å². The van der Waals surface area contributed by atoms with Gasteiger partial charge in [-0.2, -0.15) is 5.11 Å². The number of anilines is 1. The fourth-order valence-corrected chi connectivity index (χ4v) is 4.48. The first kappa shape index (κ1) is 19.2. The molecular formula is C25H20N4OS. The van der Waals surface area contributed by atoms with Gasteiger partial charge in [-0.25, -0.2) is 4.98 Å². The van der Waals surface area contributed by atoms with E-state index >= 15 is 0 Å². The van der Waals surface area contributed by atoms with Crippen molar-refractivity contribution in [2.24, 2.45) is 10.2 Å². The van der Waals surface area contributed by atoms with E-state index in [1.807, 2.05) is 97.9 Å². The summed E-state index contributed by atoms with van der Waals surface area (Å²) >= 11 is 1.55. The Balaban J connectivity index is 1.63. The van der Waals surface area contributed by atoms with Crippen LogP contribution in [0, 0.1) is 0 Å². The third-order valence-corrected chi connectivity index (χ3v) is 6.22. The lowest BCUT2D eigenvalue weighted by molar-refractivity contribution is 0.479. The van der Waals surface area contributed by atoms with E-state index in [4.69, 9.17) is 4.98 Å². The molecule has 152 valence electrons. The molecule has 0 fully saturated rings. The van der Waals surface area contributed by atoms with Crippen LogP contribution in [0.2, 0.25) is 0 Å². The number of rotatable bonds is 4. The van der Waals surface area contributed by atoms with Gasteiger partial charge in [-0.1, -0.05) is 36.4 Å². The van der Waals surface area contributed by atoms with Gasteiger partial charge in [0.1, 0.15) is 10.7 Å². The van der Waals surface area contributed by atoms with Crippen molar-refractivity contribution < 1.29 is 5.11 Å². The molecule has 4 aromatic carbocycles. The Hall–Kier alpha value is -3.77. The topological polar surface area (TPSA) is 61.1 Å². The van der Waals surface area contributed by atoms with Crippen LogP contribution < -0.4 is 4.90 Å². The van der Waals surface area contributed by atoms with Crippen molar-refractivity contribution in [2.75, 3.05) is 19.0 Å². The van der Waals surface area contributed by atoms with Gasteiger partial charge in [0.2, 0.25) is 0 Å². The first-order chi connectivity index (χ1) is 15.1. The number of azo groups is 1. The molecule has 1 aromatic heterocycles. The van der Waals surface area contributed by atoms with Crippen LogP contribution in [0.5, 0.6) is 5.75 Å². The average molecular weight is 425 g/mol. The second-order valence-corrected chi connectivity index (χ2v) is 8.47. The minimum Gasteiger partial charge on any atom is -0.505 e. The van der Waals surface area contributed by atoms with Gasteiger partial charge in [-0.05, 0) is 47.9 Å². The van der Waals surface area contributed by atoms with E-state index in [-0.39, 0.29) is 5.75 Å². The summed E-state index contributed by atoms with van der Waals surface area (Å²) in [6.07, 6.45) is 0. The van der Waals surface area contributed by atoms with Crippen LogP contribution in [-0.4, -0.2) is 24.2 Å². The summed E-state index contributed by atoms with van der Waals surface area (Å²) in [6.45, 7) is 0. The number of aromatic hydroxyl groups is 1. The summed E-state index contributed by atoms with van der Waals surface area (Å²) in [6, 6.07) is 25.6. The van der Waals surface area contributed by atoms with Gasteiger partial charge < -0.3 is 10.0 Å². The number of fused-ring (bicyclic) bond motifs is 2. The Bertz CT molecular complexity index is 1390. The summed E-state index contributed by atoms with van der Waals surface area (Å²) < 4.78 is 1.08. The largest absolute Gasteiger partial charge is 0.505 e. The molecule has 5 nitrogen and oxygen atoms in total. The van der Waals surface area contributed by atoms with E-state index in [9.17, 15) is 5.11 Å². The highest BCUT2D eigenvalue weighted by Gasteiger charge is 2.17. The molecule has 5 aromatic rings. The minimum absolute atomic E-state index is 0.0893. The zero-order valence-corrected chi connectivity index (χ0v) is 18.0. The minimum atomic E-state index is 0.0893. The summed E-state index contributed by atoms with van der Waals surface area (Å²) in [4.78, 5) is 6.75. The van der Waals surface area contributed by atoms with Crippen LogP contribution in [0.4, 0.5) is 17.1 Å². The molecule has 1 N–H and O–H groups in total. The van der Waals surface area contributed by atoms with Crippen LogP contribution in [0.3, 0.4) is 0 Å². The zero-order chi connectivity index (χ0) is 21.4. The van der Waals surface area contributed by atoms with Crippen molar-refractivity contribution in [1.29, 1.82) is 0 Å². The van der Waals surface area contributed by atoms with Gasteiger partial charge in [0.05, 0.1) is 21.5 Å². The monoisotopic (exact) mass is 424 g/mol. The number of phenols is 1. The van der Waals surface area contributed by atoms with E-state index in [1.54, 1.807) is 11.3 Å². The average Bonchev–Trinajstić information content (AvgIpc) is 3.22. The molecule has 0 saturated heterocycles. The molecule has 0 bridgehead atoms. The van der Waals surface area contributed by atoms with E-state index < -0.39 is 0 Å². The number of phenolic OH excluding ortho intramolecular Hbond substituents is 1. The number of nitrogens with zero attached hydrogens (tertiary/aromatic N) is 4. The highest BCUT2D eigenvalue weighted by molar-refractivity contribution is 7.21. The number of benzene rings is 4. The smallest absolute Gasteiger partial charge is 0.154 e. The molecule has 6 heteroatoms. The lowest BCUT2D eigenvalue weighted by Gasteiger charge is -2.11. The fraction of sp³-hybridized carbons (Fsp3) is 0.0800. The second kappa shape index (κ2) is 7.81. The van der Waals surface area contributed by atoms with E-state index in [1.165, 1.54) is 0 Å². The molecular weight excluding hydrogens is 404 g/mol. The lowest BCUT2D eigenvalue weighted by atomic mass is 10.0. The Labute approximate surface area is 183 Å². The fourth-order valence-electron chi connectivity index (χ4n) is 3.49. The van der Waals surface area contributed by atoms with Crippen molar-refractivity contribution in [3.05, 3.63) is 78.9 Å². The summed E-state index contributed by atoms with van der Waals surface area (Å²) in [5.74, 6) is 0.0893. The van der Waals surface area contributed by atoms with Crippen molar-refractivity contribution in [2.45, 2.75) is 0 Å². The van der Waals surface area contributed by atoms with Crippen LogP contribution in [0.15, 0.2) is 89.1 Å². The zero-order valence-electron chi connectivity index (χ0n) is 17.1. The summed E-state index contributed by atoms with van der Waals surface area (Å²) in [5.41, 5.74) is 3.84. The van der Waals surface area contributed by atoms with Crippen molar-refractivity contribution >= 4 is 49.4 Å². The summed E-state index contributed by atoms with van der Waals surface area (Å²) in [5, 5.41) is 22.6. The highest BCUT2D eigenvalue weighted by Crippen LogP contribution is 2.45. The highest BCUT2D eigenvalue weighted by atomic mass is 32.1. The van der Waals surface area contributed by atoms with E-state index in [0.717, 1.165) is 37.4 Å². The number of para-hydroxylation sites is 1. The maximum atomic E-state index is 11.2. The van der Waals surface area contributed by atoms with Gasteiger partial charge in [0.25, 0.3) is 0 Å². The van der Waals surface area contributed by atoms with Gasteiger partial charge >= 0.3 is 0 Å². The SMILES string of the molecule is CN(C)c1ccc(N=Nc2c(O)c(-c3nc4ccccc4s3)cc3ccccc23)cc1. The predicted octanol–water partition coefficient (Wildman–Crippen LogP) is 7.30. The first-order valence-corrected chi connectivity index (χ1v) is 10.7. The molecule has 0 spiro atoms. The maximum Gasteiger partial charge on any atom is 0.154 e. The van der Waals surface area contributed by atoms with Crippen LogP contribution in [-0.2, 0) is 0 Å². The van der Waals surface area contributed by atoms with Gasteiger partial charge in [0, 0.05) is 25.2 Å². The normalized spacial score (nSPS) is 11.5. The third kappa shape index (κ3) is 3.62. The first-order valence-electron chi connectivity index (χ1n) is 9.90. The van der Waals surface area contributed by atoms with E-state index in [2.05, 4.69) is 10.2 Å². The van der Waals surface area contributed by atoms with Crippen molar-refractivity contribution in [3.8, 4) is 16.3 Å². The molecule has 0 atom stereocenters. The third-order valence-electron chi connectivity index (χ3n) is 5.15. The number of hydrogen-bond donors (Lipinski definition) is 1. The maximum absolute atomic E-state index is 11.2. The molecule has 0 unspecified atom stereocenters. The predicted molar refractivity (Wildman–Crippen MR) is 129 cm³/mol. The Kier molecular flexibility index (Phi) is 4.84. The van der Waals surface area contributed by atoms with Crippen LogP contribution in [0.1, 0.15) is 0 Å². The molecule has 0 aliphatic heterocycles. The Morgan fingerprint density at radius 3 is 2.39 bits per heavy atom. The van der Waals surface area contributed by atoms with Crippen molar-refractivity contribution in [3.63, 3.8) is 0 Å². The molecule has 0 radical (unpaired) electrons.